The number of β-amino-alcohol motifs (C(OH)–C–C–N with tert-alkyl or cyclic N) is 1. The van der Waals surface area contributed by atoms with Crippen molar-refractivity contribution in [1.29, 1.82) is 0 Å². The lowest BCUT2D eigenvalue weighted by atomic mass is 9.95. The minimum atomic E-state index is -0.512. The number of aromatic amines is 1. The fourth-order valence-electron chi connectivity index (χ4n) is 4.30. The third-order valence-electron chi connectivity index (χ3n) is 6.07. The minimum absolute atomic E-state index is 0.0817. The summed E-state index contributed by atoms with van der Waals surface area (Å²) in [5.41, 5.74) is 3.82. The first-order chi connectivity index (χ1) is 16.3. The average molecular weight is 466 g/mol. The van der Waals surface area contributed by atoms with Crippen LogP contribution in [0.5, 0.6) is 17.2 Å². The molecule has 8 nitrogen and oxygen atoms in total. The Kier molecular flexibility index (Phi) is 6.79. The third kappa shape index (κ3) is 4.33. The molecule has 1 aliphatic rings. The van der Waals surface area contributed by atoms with Gasteiger partial charge in [-0.05, 0) is 49.1 Å². The maximum Gasteiger partial charge on any atom is 0.273 e. The zero-order valence-corrected chi connectivity index (χ0v) is 20.0. The van der Waals surface area contributed by atoms with E-state index >= 15 is 0 Å². The fourth-order valence-corrected chi connectivity index (χ4v) is 4.30. The number of amides is 1. The van der Waals surface area contributed by atoms with E-state index in [1.807, 2.05) is 37.3 Å². The van der Waals surface area contributed by atoms with Gasteiger partial charge >= 0.3 is 0 Å². The molecule has 0 saturated carbocycles. The summed E-state index contributed by atoms with van der Waals surface area (Å²) < 4.78 is 11.5. The maximum absolute atomic E-state index is 13.2. The first-order valence-electron chi connectivity index (χ1n) is 11.5. The lowest BCUT2D eigenvalue weighted by Gasteiger charge is -2.26. The van der Waals surface area contributed by atoms with Crippen LogP contribution in [0.25, 0.3) is 11.3 Å². The molecule has 1 amide bonds. The molecule has 1 aromatic heterocycles. The molecule has 1 aliphatic heterocycles. The second-order valence-electron chi connectivity index (χ2n) is 8.95. The zero-order chi connectivity index (χ0) is 24.4. The number of hydrogen-bond acceptors (Lipinski definition) is 6. The predicted octanol–water partition coefficient (Wildman–Crippen LogP) is 4.06. The van der Waals surface area contributed by atoms with Gasteiger partial charge in [-0.2, -0.15) is 5.10 Å². The van der Waals surface area contributed by atoms with Crippen LogP contribution in [0.15, 0.2) is 36.4 Å². The molecule has 0 saturated heterocycles. The number of aliphatic hydroxyl groups is 1. The summed E-state index contributed by atoms with van der Waals surface area (Å²) in [5, 5.41) is 27.5. The molecule has 4 rings (SSSR count). The van der Waals surface area contributed by atoms with Crippen LogP contribution in [0.2, 0.25) is 0 Å². The number of carbonyl (C=O) groups is 1. The molecule has 8 heteroatoms. The van der Waals surface area contributed by atoms with E-state index in [0.717, 1.165) is 17.5 Å². The van der Waals surface area contributed by atoms with Gasteiger partial charge in [0.05, 0.1) is 26.4 Å². The highest BCUT2D eigenvalue weighted by molar-refractivity contribution is 6.00. The smallest absolute Gasteiger partial charge is 0.273 e. The molecule has 180 valence electrons. The molecule has 0 bridgehead atoms. The van der Waals surface area contributed by atoms with Crippen LogP contribution in [0.3, 0.4) is 0 Å². The summed E-state index contributed by atoms with van der Waals surface area (Å²) >= 11 is 0. The van der Waals surface area contributed by atoms with Crippen LogP contribution in [0.4, 0.5) is 0 Å². The van der Waals surface area contributed by atoms with Gasteiger partial charge in [0.2, 0.25) is 0 Å². The minimum Gasteiger partial charge on any atom is -0.507 e. The summed E-state index contributed by atoms with van der Waals surface area (Å²) in [6.45, 7) is 6.76. The standard InChI is InChI=1S/C26H31N3O5/c1-15(2)9-12-34-20-8-6-17(14-21(20)33-4)25-22-23(18-13-16(3)5-7-19(18)31)27-28-24(22)26(32)29(25)10-11-30/h5-8,13-15,25,30-31H,9-12H2,1-4H3,(H,27,28)/t25-/m1/s1. The Morgan fingerprint density at radius 1 is 1.18 bits per heavy atom. The second kappa shape index (κ2) is 9.77. The molecule has 3 N–H and O–H groups in total. The number of aliphatic hydroxyl groups excluding tert-OH is 1. The molecule has 0 spiro atoms. The Balaban J connectivity index is 1.79. The van der Waals surface area contributed by atoms with Crippen molar-refractivity contribution in [3.63, 3.8) is 0 Å². The summed E-state index contributed by atoms with van der Waals surface area (Å²) in [6, 6.07) is 10.4. The molecular formula is C26H31N3O5. The van der Waals surface area contributed by atoms with E-state index < -0.39 is 6.04 Å². The monoisotopic (exact) mass is 465 g/mol. The van der Waals surface area contributed by atoms with Gasteiger partial charge < -0.3 is 24.6 Å². The van der Waals surface area contributed by atoms with Gasteiger partial charge in [-0.15, -0.1) is 0 Å². The topological polar surface area (TPSA) is 108 Å². The Hall–Kier alpha value is -3.52. The summed E-state index contributed by atoms with van der Waals surface area (Å²) in [4.78, 5) is 14.8. The zero-order valence-electron chi connectivity index (χ0n) is 20.0. The fraction of sp³-hybridized carbons (Fsp3) is 0.385. The van der Waals surface area contributed by atoms with E-state index in [2.05, 4.69) is 24.0 Å². The lowest BCUT2D eigenvalue weighted by molar-refractivity contribution is 0.0706. The number of nitrogens with one attached hydrogen (secondary N) is 1. The predicted molar refractivity (Wildman–Crippen MR) is 128 cm³/mol. The number of hydrogen-bond donors (Lipinski definition) is 3. The molecule has 2 heterocycles. The van der Waals surface area contributed by atoms with Crippen molar-refractivity contribution in [2.24, 2.45) is 5.92 Å². The van der Waals surface area contributed by atoms with Crippen molar-refractivity contribution < 1.29 is 24.5 Å². The Morgan fingerprint density at radius 2 is 1.97 bits per heavy atom. The number of phenolic OH excluding ortho intramolecular Hbond substituents is 1. The molecule has 34 heavy (non-hydrogen) atoms. The van der Waals surface area contributed by atoms with Crippen LogP contribution in [-0.4, -0.2) is 58.1 Å². The number of nitrogens with zero attached hydrogens (tertiary/aromatic N) is 2. The molecule has 0 aliphatic carbocycles. The van der Waals surface area contributed by atoms with Gasteiger partial charge in [0.1, 0.15) is 17.1 Å². The summed E-state index contributed by atoms with van der Waals surface area (Å²) in [6.07, 6.45) is 0.925. The molecule has 0 fully saturated rings. The highest BCUT2D eigenvalue weighted by Gasteiger charge is 2.42. The first-order valence-corrected chi connectivity index (χ1v) is 11.5. The summed E-state index contributed by atoms with van der Waals surface area (Å²) in [7, 11) is 1.58. The normalized spacial score (nSPS) is 15.2. The number of aromatic hydroxyl groups is 1. The number of benzene rings is 2. The number of phenols is 1. The highest BCUT2D eigenvalue weighted by Crippen LogP contribution is 2.45. The van der Waals surface area contributed by atoms with Gasteiger partial charge in [-0.25, -0.2) is 0 Å². The van der Waals surface area contributed by atoms with Crippen molar-refractivity contribution in [1.82, 2.24) is 15.1 Å². The lowest BCUT2D eigenvalue weighted by Crippen LogP contribution is -2.32. The van der Waals surface area contributed by atoms with Crippen molar-refractivity contribution in [2.75, 3.05) is 26.9 Å². The number of aromatic nitrogens is 2. The number of fused-ring (bicyclic) bond motifs is 1. The number of rotatable bonds is 9. The van der Waals surface area contributed by atoms with Crippen LogP contribution in [0.1, 0.15) is 53.5 Å². The third-order valence-corrected chi connectivity index (χ3v) is 6.07. The number of H-pyrrole nitrogens is 1. The van der Waals surface area contributed by atoms with Gasteiger partial charge in [-0.1, -0.05) is 31.5 Å². The molecular weight excluding hydrogens is 434 g/mol. The molecule has 0 unspecified atom stereocenters. The summed E-state index contributed by atoms with van der Waals surface area (Å²) in [5.74, 6) is 1.55. The largest absolute Gasteiger partial charge is 0.507 e. The van der Waals surface area contributed by atoms with E-state index in [1.54, 1.807) is 18.1 Å². The molecule has 0 radical (unpaired) electrons. The van der Waals surface area contributed by atoms with Crippen molar-refractivity contribution in [3.8, 4) is 28.5 Å². The molecule has 3 aromatic rings. The van der Waals surface area contributed by atoms with E-state index in [0.29, 0.717) is 46.5 Å². The number of methoxy groups -OCH3 is 1. The van der Waals surface area contributed by atoms with E-state index in [1.165, 1.54) is 0 Å². The first kappa shape index (κ1) is 23.6. The van der Waals surface area contributed by atoms with E-state index in [9.17, 15) is 15.0 Å². The van der Waals surface area contributed by atoms with Gasteiger partial charge in [0.15, 0.2) is 11.5 Å². The van der Waals surface area contributed by atoms with Crippen molar-refractivity contribution in [2.45, 2.75) is 33.2 Å². The molecule has 2 aromatic carbocycles. The van der Waals surface area contributed by atoms with Gasteiger partial charge in [-0.3, -0.25) is 9.89 Å². The van der Waals surface area contributed by atoms with Gasteiger partial charge in [0, 0.05) is 17.7 Å². The van der Waals surface area contributed by atoms with E-state index in [4.69, 9.17) is 9.47 Å². The quantitative estimate of drug-likeness (QED) is 0.440. The SMILES string of the molecule is COc1cc([C@@H]2c3c(-c4cc(C)ccc4O)n[nH]c3C(=O)N2CCO)ccc1OCCC(C)C. The Labute approximate surface area is 199 Å². The number of aryl methyl sites for hydroxylation is 1. The average Bonchev–Trinajstić information content (AvgIpc) is 3.35. The van der Waals surface area contributed by atoms with Crippen LogP contribution in [-0.2, 0) is 0 Å². The van der Waals surface area contributed by atoms with Crippen LogP contribution >= 0.6 is 0 Å². The molecule has 1 atom stereocenters. The second-order valence-corrected chi connectivity index (χ2v) is 8.95. The Bertz CT molecular complexity index is 1190. The highest BCUT2D eigenvalue weighted by atomic mass is 16.5. The van der Waals surface area contributed by atoms with Crippen LogP contribution in [0, 0.1) is 12.8 Å². The van der Waals surface area contributed by atoms with Crippen molar-refractivity contribution in [3.05, 3.63) is 58.8 Å². The Morgan fingerprint density at radius 3 is 2.68 bits per heavy atom. The maximum atomic E-state index is 13.2. The van der Waals surface area contributed by atoms with Crippen LogP contribution < -0.4 is 9.47 Å². The number of ether oxygens (including phenoxy) is 2. The van der Waals surface area contributed by atoms with Gasteiger partial charge in [0.25, 0.3) is 5.91 Å². The van der Waals surface area contributed by atoms with Crippen molar-refractivity contribution >= 4 is 5.91 Å². The number of carbonyl (C=O) groups excluding carboxylic acids is 1. The van der Waals surface area contributed by atoms with E-state index in [-0.39, 0.29) is 24.8 Å².